The molecule has 5 heteroatoms. The van der Waals surface area contributed by atoms with Crippen LogP contribution >= 0.6 is 0 Å². The molecule has 1 rings (SSSR count). The molecule has 0 heterocycles. The number of nitrogens with two attached hydrogens (primary N) is 1. The maximum Gasteiger partial charge on any atom is 0.307 e. The summed E-state index contributed by atoms with van der Waals surface area (Å²) in [6, 6.07) is 4.83. The molecule has 0 saturated carbocycles. The fourth-order valence-electron chi connectivity index (χ4n) is 1.50. The first-order valence-corrected chi connectivity index (χ1v) is 5.16. The molecule has 94 valence electrons. The quantitative estimate of drug-likeness (QED) is 0.783. The predicted octanol–water partition coefficient (Wildman–Crippen LogP) is 1.27. The molecule has 0 aliphatic carbocycles. The number of ether oxygens (including phenoxy) is 3. The van der Waals surface area contributed by atoms with Gasteiger partial charge in [0.25, 0.3) is 0 Å². The summed E-state index contributed by atoms with van der Waals surface area (Å²) in [5, 5.41) is 0. The lowest BCUT2D eigenvalue weighted by molar-refractivity contribution is -0.141. The van der Waals surface area contributed by atoms with E-state index in [4.69, 9.17) is 15.2 Å². The Hall–Kier alpha value is -1.75. The summed E-state index contributed by atoms with van der Waals surface area (Å²) < 4.78 is 14.9. The number of benzene rings is 1. The largest absolute Gasteiger partial charge is 0.497 e. The smallest absolute Gasteiger partial charge is 0.307 e. The van der Waals surface area contributed by atoms with Crippen LogP contribution in [0.2, 0.25) is 0 Å². The molecule has 0 amide bonds. The van der Waals surface area contributed by atoms with Crippen LogP contribution in [0.25, 0.3) is 0 Å². The van der Waals surface area contributed by atoms with Crippen molar-refractivity contribution in [1.82, 2.24) is 0 Å². The molecule has 17 heavy (non-hydrogen) atoms. The van der Waals surface area contributed by atoms with Crippen molar-refractivity contribution in [3.05, 3.63) is 23.8 Å². The third-order valence-corrected chi connectivity index (χ3v) is 2.45. The van der Waals surface area contributed by atoms with E-state index in [1.807, 2.05) is 0 Å². The van der Waals surface area contributed by atoms with Crippen LogP contribution in [0, 0.1) is 0 Å². The Kier molecular flexibility index (Phi) is 4.78. The van der Waals surface area contributed by atoms with E-state index >= 15 is 0 Å². The number of carbonyl (C=O) groups excluding carboxylic acids is 1. The normalized spacial score (nSPS) is 11.8. The average molecular weight is 239 g/mol. The maximum absolute atomic E-state index is 11.2. The van der Waals surface area contributed by atoms with Crippen LogP contribution in [0.1, 0.15) is 18.0 Å². The topological polar surface area (TPSA) is 70.8 Å². The van der Waals surface area contributed by atoms with E-state index in [1.165, 1.54) is 7.11 Å². The van der Waals surface area contributed by atoms with Gasteiger partial charge in [0.2, 0.25) is 0 Å². The first-order chi connectivity index (χ1) is 8.12. The highest BCUT2D eigenvalue weighted by Gasteiger charge is 2.16. The molecule has 0 aromatic heterocycles. The Balaban J connectivity index is 2.92. The third-order valence-electron chi connectivity index (χ3n) is 2.45. The molecule has 0 bridgehead atoms. The second kappa shape index (κ2) is 6.10. The van der Waals surface area contributed by atoms with Gasteiger partial charge in [-0.1, -0.05) is 6.07 Å². The molecule has 0 fully saturated rings. The lowest BCUT2D eigenvalue weighted by atomic mass is 10.0. The Morgan fingerprint density at radius 1 is 1.29 bits per heavy atom. The van der Waals surface area contributed by atoms with Crippen molar-refractivity contribution >= 4 is 5.97 Å². The Morgan fingerprint density at radius 3 is 2.53 bits per heavy atom. The highest BCUT2D eigenvalue weighted by atomic mass is 16.5. The van der Waals surface area contributed by atoms with Gasteiger partial charge >= 0.3 is 5.97 Å². The minimum absolute atomic E-state index is 0.110. The Labute approximate surface area is 100 Å². The van der Waals surface area contributed by atoms with Crippen LogP contribution in [0.3, 0.4) is 0 Å². The monoisotopic (exact) mass is 239 g/mol. The van der Waals surface area contributed by atoms with E-state index in [0.717, 1.165) is 5.56 Å². The van der Waals surface area contributed by atoms with Crippen LogP contribution in [-0.4, -0.2) is 27.3 Å². The van der Waals surface area contributed by atoms with Gasteiger partial charge in [0, 0.05) is 17.7 Å². The van der Waals surface area contributed by atoms with E-state index in [-0.39, 0.29) is 12.4 Å². The third kappa shape index (κ3) is 3.35. The molecule has 0 saturated heterocycles. The number of rotatable bonds is 5. The minimum atomic E-state index is -0.455. The first kappa shape index (κ1) is 13.3. The number of hydrogen-bond donors (Lipinski definition) is 1. The van der Waals surface area contributed by atoms with Gasteiger partial charge in [-0.3, -0.25) is 4.79 Å². The van der Waals surface area contributed by atoms with Gasteiger partial charge < -0.3 is 19.9 Å². The van der Waals surface area contributed by atoms with Crippen molar-refractivity contribution in [2.75, 3.05) is 21.3 Å². The van der Waals surface area contributed by atoms with Gasteiger partial charge in [-0.25, -0.2) is 0 Å². The van der Waals surface area contributed by atoms with Crippen molar-refractivity contribution < 1.29 is 19.0 Å². The van der Waals surface area contributed by atoms with E-state index < -0.39 is 6.04 Å². The molecule has 0 aliphatic rings. The van der Waals surface area contributed by atoms with Crippen LogP contribution in [0.15, 0.2) is 18.2 Å². The highest BCUT2D eigenvalue weighted by molar-refractivity contribution is 5.70. The van der Waals surface area contributed by atoms with Crippen LogP contribution in [0.5, 0.6) is 11.5 Å². The molecule has 0 aliphatic heterocycles. The van der Waals surface area contributed by atoms with Crippen molar-refractivity contribution in [2.45, 2.75) is 12.5 Å². The fraction of sp³-hybridized carbons (Fsp3) is 0.417. The predicted molar refractivity (Wildman–Crippen MR) is 63.1 cm³/mol. The number of esters is 1. The minimum Gasteiger partial charge on any atom is -0.497 e. The molecule has 5 nitrogen and oxygen atoms in total. The average Bonchev–Trinajstić information content (AvgIpc) is 2.37. The number of carbonyl (C=O) groups is 1. The molecule has 0 spiro atoms. The summed E-state index contributed by atoms with van der Waals surface area (Å²) >= 11 is 0. The lowest BCUT2D eigenvalue weighted by Crippen LogP contribution is -2.17. The van der Waals surface area contributed by atoms with Crippen molar-refractivity contribution in [2.24, 2.45) is 5.73 Å². The highest BCUT2D eigenvalue weighted by Crippen LogP contribution is 2.29. The summed E-state index contributed by atoms with van der Waals surface area (Å²) in [6.45, 7) is 0. The number of hydrogen-bond acceptors (Lipinski definition) is 5. The first-order valence-electron chi connectivity index (χ1n) is 5.16. The SMILES string of the molecule is COC(=O)C[C@@H](N)c1ccc(OC)cc1OC. The van der Waals surface area contributed by atoms with Crippen molar-refractivity contribution in [3.63, 3.8) is 0 Å². The van der Waals surface area contributed by atoms with Gasteiger partial charge in [-0.05, 0) is 6.07 Å². The molecule has 1 aromatic carbocycles. The van der Waals surface area contributed by atoms with Crippen LogP contribution < -0.4 is 15.2 Å². The van der Waals surface area contributed by atoms with Gasteiger partial charge in [-0.2, -0.15) is 0 Å². The molecule has 1 aromatic rings. The molecular weight excluding hydrogens is 222 g/mol. The summed E-state index contributed by atoms with van der Waals surface area (Å²) in [4.78, 5) is 11.2. The summed E-state index contributed by atoms with van der Waals surface area (Å²) in [5.74, 6) is 0.923. The van der Waals surface area contributed by atoms with Crippen molar-refractivity contribution in [1.29, 1.82) is 0 Å². The Morgan fingerprint density at radius 2 is 2.00 bits per heavy atom. The fourth-order valence-corrected chi connectivity index (χ4v) is 1.50. The van der Waals surface area contributed by atoms with Gasteiger partial charge in [0.05, 0.1) is 27.8 Å². The molecule has 0 unspecified atom stereocenters. The molecular formula is C12H17NO4. The van der Waals surface area contributed by atoms with E-state index in [9.17, 15) is 4.79 Å². The maximum atomic E-state index is 11.2. The van der Waals surface area contributed by atoms with E-state index in [1.54, 1.807) is 32.4 Å². The van der Waals surface area contributed by atoms with Gasteiger partial charge in [0.1, 0.15) is 11.5 Å². The van der Waals surface area contributed by atoms with E-state index in [0.29, 0.717) is 11.5 Å². The second-order valence-electron chi connectivity index (χ2n) is 3.49. The molecule has 1 atom stereocenters. The van der Waals surface area contributed by atoms with Crippen molar-refractivity contribution in [3.8, 4) is 11.5 Å². The molecule has 2 N–H and O–H groups in total. The summed E-state index contributed by atoms with van der Waals surface area (Å²) in [6.07, 6.45) is 0.110. The van der Waals surface area contributed by atoms with E-state index in [2.05, 4.69) is 4.74 Å². The van der Waals surface area contributed by atoms with Crippen LogP contribution in [-0.2, 0) is 9.53 Å². The van der Waals surface area contributed by atoms with Gasteiger partial charge in [-0.15, -0.1) is 0 Å². The number of methoxy groups -OCH3 is 3. The summed E-state index contributed by atoms with van der Waals surface area (Å²) in [7, 11) is 4.45. The zero-order chi connectivity index (χ0) is 12.8. The molecule has 0 radical (unpaired) electrons. The van der Waals surface area contributed by atoms with Gasteiger partial charge in [0.15, 0.2) is 0 Å². The zero-order valence-corrected chi connectivity index (χ0v) is 10.2. The Bertz CT molecular complexity index is 392. The summed E-state index contributed by atoms with van der Waals surface area (Å²) in [5.41, 5.74) is 6.67. The standard InChI is InChI=1S/C12H17NO4/c1-15-8-4-5-9(11(6-8)16-2)10(13)7-12(14)17-3/h4-6,10H,7,13H2,1-3H3/t10-/m1/s1. The second-order valence-corrected chi connectivity index (χ2v) is 3.49. The lowest BCUT2D eigenvalue weighted by Gasteiger charge is -2.15. The van der Waals surface area contributed by atoms with Crippen LogP contribution in [0.4, 0.5) is 0 Å². The zero-order valence-electron chi connectivity index (χ0n) is 10.2.